The molecule has 0 radical (unpaired) electrons. The molecular formula is C31H32O4. The van der Waals surface area contributed by atoms with Crippen LogP contribution >= 0.6 is 0 Å². The molecule has 35 heavy (non-hydrogen) atoms. The van der Waals surface area contributed by atoms with Crippen molar-refractivity contribution in [2.75, 3.05) is 0 Å². The quantitative estimate of drug-likeness (QED) is 0.481. The SMILES string of the molecule is C=C1C(=CC=CC)CC(c2ccc(C(=O)O)cc2)=C2C=CCCC2C1C1=CCC(C(=O)O)CC=C1. The molecule has 0 fully saturated rings. The van der Waals surface area contributed by atoms with Crippen molar-refractivity contribution in [3.05, 3.63) is 113 Å². The van der Waals surface area contributed by atoms with Gasteiger partial charge in [0.15, 0.2) is 0 Å². The Balaban J connectivity index is 1.86. The number of aromatic carboxylic acids is 1. The number of aliphatic carboxylic acids is 1. The predicted octanol–water partition coefficient (Wildman–Crippen LogP) is 7.16. The number of fused-ring (bicyclic) bond motifs is 1. The molecule has 0 heterocycles. The molecule has 4 rings (SSSR count). The van der Waals surface area contributed by atoms with Gasteiger partial charge in [0.1, 0.15) is 0 Å². The second kappa shape index (κ2) is 10.7. The number of benzene rings is 1. The maximum Gasteiger partial charge on any atom is 0.335 e. The predicted molar refractivity (Wildman–Crippen MR) is 140 cm³/mol. The Labute approximate surface area is 207 Å². The third kappa shape index (κ3) is 5.22. The highest BCUT2D eigenvalue weighted by atomic mass is 16.4. The number of hydrogen-bond donors (Lipinski definition) is 2. The van der Waals surface area contributed by atoms with Crippen LogP contribution in [0.2, 0.25) is 0 Å². The van der Waals surface area contributed by atoms with Gasteiger partial charge in [0.25, 0.3) is 0 Å². The van der Waals surface area contributed by atoms with Gasteiger partial charge in [-0.2, -0.15) is 0 Å². The summed E-state index contributed by atoms with van der Waals surface area (Å²) in [4.78, 5) is 23.0. The van der Waals surface area contributed by atoms with Crippen molar-refractivity contribution in [1.82, 2.24) is 0 Å². The number of carboxylic acid groups (broad SMARTS) is 2. The van der Waals surface area contributed by atoms with E-state index in [4.69, 9.17) is 0 Å². The molecule has 0 saturated carbocycles. The van der Waals surface area contributed by atoms with Crippen molar-refractivity contribution in [1.29, 1.82) is 0 Å². The maximum atomic E-state index is 11.6. The Bertz CT molecular complexity index is 1200. The van der Waals surface area contributed by atoms with Crippen LogP contribution in [0.15, 0.2) is 102 Å². The van der Waals surface area contributed by atoms with Gasteiger partial charge < -0.3 is 10.2 Å². The smallest absolute Gasteiger partial charge is 0.335 e. The molecule has 1 aromatic carbocycles. The average Bonchev–Trinajstić information content (AvgIpc) is 3.17. The van der Waals surface area contributed by atoms with Gasteiger partial charge in [0.2, 0.25) is 0 Å². The van der Waals surface area contributed by atoms with Crippen LogP contribution in [0.25, 0.3) is 5.57 Å². The fourth-order valence-electron chi connectivity index (χ4n) is 5.42. The van der Waals surface area contributed by atoms with Crippen LogP contribution in [-0.4, -0.2) is 22.2 Å². The van der Waals surface area contributed by atoms with Crippen molar-refractivity contribution >= 4 is 17.5 Å². The molecule has 4 nitrogen and oxygen atoms in total. The molecule has 4 heteroatoms. The maximum absolute atomic E-state index is 11.6. The molecule has 3 aliphatic rings. The lowest BCUT2D eigenvalue weighted by Gasteiger charge is -2.32. The fourth-order valence-corrected chi connectivity index (χ4v) is 5.42. The number of allylic oxidation sites excluding steroid dienone is 13. The average molecular weight is 469 g/mol. The highest BCUT2D eigenvalue weighted by Gasteiger charge is 2.36. The third-order valence-corrected chi connectivity index (χ3v) is 7.29. The molecular weight excluding hydrogens is 436 g/mol. The largest absolute Gasteiger partial charge is 0.481 e. The van der Waals surface area contributed by atoms with Crippen LogP contribution in [0.3, 0.4) is 0 Å². The first-order chi connectivity index (χ1) is 16.9. The van der Waals surface area contributed by atoms with Gasteiger partial charge in [0, 0.05) is 5.92 Å². The summed E-state index contributed by atoms with van der Waals surface area (Å²) >= 11 is 0. The first-order valence-corrected chi connectivity index (χ1v) is 12.2. The van der Waals surface area contributed by atoms with Gasteiger partial charge in [-0.15, -0.1) is 0 Å². The van der Waals surface area contributed by atoms with Gasteiger partial charge in [-0.25, -0.2) is 4.79 Å². The molecule has 3 atom stereocenters. The zero-order valence-electron chi connectivity index (χ0n) is 20.1. The standard InChI is InChI=1S/C31H32O4/c1-3-4-8-25-19-28(21-13-16-24(17-14-21)31(34)35)26-11-5-6-12-27(26)29(20(25)2)22-9-7-10-23(18-15-22)30(32)33/h3-5,7-9,11,13-17,23,27,29H,2,6,10,12,18-19H2,1H3,(H,32,33)(H,34,35). The van der Waals surface area contributed by atoms with Crippen molar-refractivity contribution in [3.8, 4) is 0 Å². The summed E-state index contributed by atoms with van der Waals surface area (Å²) in [5.41, 5.74) is 7.13. The molecule has 0 aromatic heterocycles. The third-order valence-electron chi connectivity index (χ3n) is 7.29. The van der Waals surface area contributed by atoms with E-state index in [0.29, 0.717) is 19.3 Å². The zero-order chi connectivity index (χ0) is 24.9. The number of rotatable bonds is 5. The Hall–Kier alpha value is -3.66. The Morgan fingerprint density at radius 1 is 1.06 bits per heavy atom. The monoisotopic (exact) mass is 468 g/mol. The Morgan fingerprint density at radius 2 is 1.83 bits per heavy atom. The molecule has 1 aromatic rings. The number of carboxylic acids is 2. The summed E-state index contributed by atoms with van der Waals surface area (Å²) in [6, 6.07) is 7.15. The van der Waals surface area contributed by atoms with Crippen LogP contribution in [0.5, 0.6) is 0 Å². The molecule has 0 saturated heterocycles. The summed E-state index contributed by atoms with van der Waals surface area (Å²) < 4.78 is 0. The molecule has 3 unspecified atom stereocenters. The Kier molecular flexibility index (Phi) is 7.50. The van der Waals surface area contributed by atoms with E-state index in [1.165, 1.54) is 11.1 Å². The lowest BCUT2D eigenvalue weighted by Crippen LogP contribution is -2.21. The van der Waals surface area contributed by atoms with Gasteiger partial charge in [0.05, 0.1) is 11.5 Å². The summed E-state index contributed by atoms with van der Waals surface area (Å²) in [5, 5.41) is 18.9. The number of hydrogen-bond acceptors (Lipinski definition) is 2. The van der Waals surface area contributed by atoms with E-state index in [1.807, 2.05) is 37.3 Å². The van der Waals surface area contributed by atoms with E-state index >= 15 is 0 Å². The van der Waals surface area contributed by atoms with E-state index in [9.17, 15) is 19.8 Å². The second-order valence-corrected chi connectivity index (χ2v) is 9.41. The van der Waals surface area contributed by atoms with E-state index in [1.54, 1.807) is 12.1 Å². The minimum Gasteiger partial charge on any atom is -0.481 e. The van der Waals surface area contributed by atoms with E-state index in [-0.39, 0.29) is 17.4 Å². The van der Waals surface area contributed by atoms with Gasteiger partial charge in [-0.1, -0.05) is 67.3 Å². The summed E-state index contributed by atoms with van der Waals surface area (Å²) in [6.45, 7) is 6.57. The van der Waals surface area contributed by atoms with E-state index in [0.717, 1.165) is 35.1 Å². The summed E-state index contributed by atoms with van der Waals surface area (Å²) in [6.07, 6.45) is 20.5. The molecule has 2 N–H and O–H groups in total. The molecule has 0 spiro atoms. The zero-order valence-corrected chi connectivity index (χ0v) is 20.1. The lowest BCUT2D eigenvalue weighted by atomic mass is 9.72. The van der Waals surface area contributed by atoms with Crippen LogP contribution in [0.4, 0.5) is 0 Å². The van der Waals surface area contributed by atoms with Crippen molar-refractivity contribution in [2.45, 2.75) is 39.0 Å². The van der Waals surface area contributed by atoms with Crippen molar-refractivity contribution < 1.29 is 19.8 Å². The van der Waals surface area contributed by atoms with Gasteiger partial charge in [-0.3, -0.25) is 4.79 Å². The van der Waals surface area contributed by atoms with Crippen LogP contribution < -0.4 is 0 Å². The van der Waals surface area contributed by atoms with E-state index in [2.05, 4.69) is 37.0 Å². The highest BCUT2D eigenvalue weighted by Crippen LogP contribution is 2.49. The van der Waals surface area contributed by atoms with Crippen LogP contribution in [0.1, 0.15) is 54.9 Å². The Morgan fingerprint density at radius 3 is 2.51 bits per heavy atom. The van der Waals surface area contributed by atoms with Crippen LogP contribution in [0, 0.1) is 17.8 Å². The molecule has 3 aliphatic carbocycles. The van der Waals surface area contributed by atoms with E-state index < -0.39 is 17.9 Å². The topological polar surface area (TPSA) is 74.6 Å². The first kappa shape index (κ1) is 24.5. The molecule has 0 bridgehead atoms. The van der Waals surface area contributed by atoms with Crippen molar-refractivity contribution in [2.24, 2.45) is 17.8 Å². The fraction of sp³-hybridized carbons (Fsp3) is 0.290. The van der Waals surface area contributed by atoms with Gasteiger partial charge in [-0.05, 0) is 90.5 Å². The normalized spacial score (nSPS) is 25.9. The minimum absolute atomic E-state index is 0.0612. The highest BCUT2D eigenvalue weighted by molar-refractivity contribution is 5.88. The molecule has 0 amide bonds. The first-order valence-electron chi connectivity index (χ1n) is 12.2. The van der Waals surface area contributed by atoms with Crippen LogP contribution in [-0.2, 0) is 4.79 Å². The van der Waals surface area contributed by atoms with Gasteiger partial charge >= 0.3 is 11.9 Å². The lowest BCUT2D eigenvalue weighted by molar-refractivity contribution is -0.141. The molecule has 180 valence electrons. The number of carbonyl (C=O) groups is 2. The molecule has 0 aliphatic heterocycles. The summed E-state index contributed by atoms with van der Waals surface area (Å²) in [7, 11) is 0. The second-order valence-electron chi connectivity index (χ2n) is 9.41. The van der Waals surface area contributed by atoms with Crippen molar-refractivity contribution in [3.63, 3.8) is 0 Å². The summed E-state index contributed by atoms with van der Waals surface area (Å²) in [5.74, 6) is -1.81. The minimum atomic E-state index is -0.931.